The second kappa shape index (κ2) is 5.47. The molecule has 1 aliphatic carbocycles. The molecule has 0 saturated heterocycles. The lowest BCUT2D eigenvalue weighted by Crippen LogP contribution is -2.45. The molecule has 16 heavy (non-hydrogen) atoms. The van der Waals surface area contributed by atoms with E-state index >= 15 is 0 Å². The summed E-state index contributed by atoms with van der Waals surface area (Å²) in [7, 11) is -3.23. The molecule has 0 bridgehead atoms. The first-order valence-corrected chi connectivity index (χ1v) is 7.61. The Labute approximate surface area is 99.0 Å². The number of sulfonamides is 1. The minimum atomic E-state index is -3.23. The molecule has 0 aliphatic heterocycles. The van der Waals surface area contributed by atoms with Gasteiger partial charge in [0.15, 0.2) is 0 Å². The second-order valence-corrected chi connectivity index (χ2v) is 7.45. The van der Waals surface area contributed by atoms with Crippen LogP contribution in [0.25, 0.3) is 0 Å². The Balaban J connectivity index is 2.60. The highest BCUT2D eigenvalue weighted by Crippen LogP contribution is 2.28. The maximum Gasteiger partial charge on any atom is 0.215 e. The molecular weight excluding hydrogens is 224 g/mol. The fourth-order valence-corrected chi connectivity index (χ4v) is 3.66. The Hall–Kier alpha value is -0.130. The Morgan fingerprint density at radius 1 is 1.25 bits per heavy atom. The second-order valence-electron chi connectivity index (χ2n) is 5.32. The minimum absolute atomic E-state index is 0.0951. The van der Waals surface area contributed by atoms with Crippen molar-refractivity contribution in [2.75, 3.05) is 6.54 Å². The fraction of sp³-hybridized carbons (Fsp3) is 1.00. The molecule has 1 fully saturated rings. The predicted octanol–water partition coefficient (Wildman–Crippen LogP) is 1.08. The summed E-state index contributed by atoms with van der Waals surface area (Å²) in [4.78, 5) is 0. The van der Waals surface area contributed by atoms with Crippen LogP contribution in [0, 0.1) is 11.8 Å². The van der Waals surface area contributed by atoms with Gasteiger partial charge in [-0.3, -0.25) is 0 Å². The molecule has 1 saturated carbocycles. The van der Waals surface area contributed by atoms with E-state index in [1.165, 1.54) is 6.42 Å². The van der Waals surface area contributed by atoms with E-state index in [2.05, 4.69) is 18.6 Å². The molecule has 3 unspecified atom stereocenters. The zero-order valence-corrected chi connectivity index (χ0v) is 11.3. The van der Waals surface area contributed by atoms with Crippen LogP contribution in [0.15, 0.2) is 0 Å². The van der Waals surface area contributed by atoms with Crippen molar-refractivity contribution in [1.82, 2.24) is 4.72 Å². The summed E-state index contributed by atoms with van der Waals surface area (Å²) < 4.78 is 26.5. The molecule has 0 heterocycles. The molecular formula is C11H24N2O2S. The van der Waals surface area contributed by atoms with Gasteiger partial charge in [0.05, 0.1) is 5.25 Å². The molecule has 96 valence electrons. The van der Waals surface area contributed by atoms with Crippen LogP contribution >= 0.6 is 0 Å². The summed E-state index contributed by atoms with van der Waals surface area (Å²) in [5.41, 5.74) is 5.40. The van der Waals surface area contributed by atoms with Gasteiger partial charge in [-0.1, -0.05) is 13.8 Å². The summed E-state index contributed by atoms with van der Waals surface area (Å²) >= 11 is 0. The standard InChI is InChI=1S/C11H24N2O2S/c1-8-4-9(2)6-11(5-8)13-16(14,15)10(3)7-12/h8-11,13H,4-7,12H2,1-3H3. The summed E-state index contributed by atoms with van der Waals surface area (Å²) in [6.07, 6.45) is 3.09. The maximum absolute atomic E-state index is 11.9. The van der Waals surface area contributed by atoms with Crippen LogP contribution in [-0.4, -0.2) is 26.3 Å². The van der Waals surface area contributed by atoms with Crippen LogP contribution in [0.4, 0.5) is 0 Å². The third kappa shape index (κ3) is 3.71. The van der Waals surface area contributed by atoms with Crippen molar-refractivity contribution in [3.8, 4) is 0 Å². The number of hydrogen-bond acceptors (Lipinski definition) is 3. The van der Waals surface area contributed by atoms with Crippen LogP contribution in [0.3, 0.4) is 0 Å². The average Bonchev–Trinajstić information content (AvgIpc) is 2.13. The number of nitrogens with two attached hydrogens (primary N) is 1. The normalized spacial score (nSPS) is 33.6. The molecule has 0 aromatic rings. The Morgan fingerprint density at radius 2 is 1.75 bits per heavy atom. The van der Waals surface area contributed by atoms with Crippen molar-refractivity contribution in [2.24, 2.45) is 17.6 Å². The highest BCUT2D eigenvalue weighted by atomic mass is 32.2. The van der Waals surface area contributed by atoms with E-state index in [0.717, 1.165) is 12.8 Å². The van der Waals surface area contributed by atoms with Gasteiger partial charge in [0.25, 0.3) is 0 Å². The van der Waals surface area contributed by atoms with Crippen LogP contribution in [0.1, 0.15) is 40.0 Å². The van der Waals surface area contributed by atoms with Gasteiger partial charge in [-0.05, 0) is 38.0 Å². The van der Waals surface area contributed by atoms with Gasteiger partial charge in [-0.25, -0.2) is 13.1 Å². The van der Waals surface area contributed by atoms with Crippen LogP contribution in [0.5, 0.6) is 0 Å². The topological polar surface area (TPSA) is 72.2 Å². The third-order valence-corrected chi connectivity index (χ3v) is 5.28. The zero-order valence-electron chi connectivity index (χ0n) is 10.4. The molecule has 5 heteroatoms. The minimum Gasteiger partial charge on any atom is -0.329 e. The first-order chi connectivity index (χ1) is 7.35. The lowest BCUT2D eigenvalue weighted by molar-refractivity contribution is 0.257. The third-order valence-electron chi connectivity index (χ3n) is 3.37. The Bertz CT molecular complexity index is 306. The highest BCUT2D eigenvalue weighted by Gasteiger charge is 2.29. The number of rotatable bonds is 4. The molecule has 3 atom stereocenters. The van der Waals surface area contributed by atoms with Gasteiger partial charge in [0, 0.05) is 12.6 Å². The number of nitrogens with one attached hydrogen (secondary N) is 1. The van der Waals surface area contributed by atoms with Gasteiger partial charge in [0.1, 0.15) is 0 Å². The molecule has 1 rings (SSSR count). The van der Waals surface area contributed by atoms with E-state index in [0.29, 0.717) is 11.8 Å². The van der Waals surface area contributed by atoms with Gasteiger partial charge < -0.3 is 5.73 Å². The molecule has 1 aliphatic rings. The summed E-state index contributed by atoms with van der Waals surface area (Å²) in [5.74, 6) is 1.20. The summed E-state index contributed by atoms with van der Waals surface area (Å²) in [6.45, 7) is 6.19. The first kappa shape index (κ1) is 13.9. The molecule has 0 amide bonds. The van der Waals surface area contributed by atoms with Crippen molar-refractivity contribution < 1.29 is 8.42 Å². The van der Waals surface area contributed by atoms with Gasteiger partial charge >= 0.3 is 0 Å². The average molecular weight is 248 g/mol. The van der Waals surface area contributed by atoms with Crippen LogP contribution < -0.4 is 10.5 Å². The van der Waals surface area contributed by atoms with Crippen molar-refractivity contribution in [3.63, 3.8) is 0 Å². The van der Waals surface area contributed by atoms with E-state index in [9.17, 15) is 8.42 Å². The van der Waals surface area contributed by atoms with Crippen LogP contribution in [-0.2, 0) is 10.0 Å². The predicted molar refractivity (Wildman–Crippen MR) is 66.5 cm³/mol. The van der Waals surface area contributed by atoms with E-state index in [1.807, 2.05) is 0 Å². The van der Waals surface area contributed by atoms with E-state index in [-0.39, 0.29) is 12.6 Å². The molecule has 0 radical (unpaired) electrons. The van der Waals surface area contributed by atoms with Crippen molar-refractivity contribution in [2.45, 2.75) is 51.3 Å². The van der Waals surface area contributed by atoms with Gasteiger partial charge in [-0.2, -0.15) is 0 Å². The maximum atomic E-state index is 11.9. The molecule has 0 spiro atoms. The van der Waals surface area contributed by atoms with Crippen molar-refractivity contribution >= 4 is 10.0 Å². The van der Waals surface area contributed by atoms with E-state index in [4.69, 9.17) is 5.73 Å². The van der Waals surface area contributed by atoms with E-state index < -0.39 is 15.3 Å². The molecule has 0 aromatic carbocycles. The summed E-state index contributed by atoms with van der Waals surface area (Å²) in [6, 6.07) is 0.0951. The van der Waals surface area contributed by atoms with Gasteiger partial charge in [0.2, 0.25) is 10.0 Å². The Morgan fingerprint density at radius 3 is 2.19 bits per heavy atom. The SMILES string of the molecule is CC1CC(C)CC(NS(=O)(=O)C(C)CN)C1. The molecule has 3 N–H and O–H groups in total. The van der Waals surface area contributed by atoms with Crippen molar-refractivity contribution in [1.29, 1.82) is 0 Å². The first-order valence-electron chi connectivity index (χ1n) is 6.06. The highest BCUT2D eigenvalue weighted by molar-refractivity contribution is 7.90. The smallest absolute Gasteiger partial charge is 0.215 e. The largest absolute Gasteiger partial charge is 0.329 e. The number of hydrogen-bond donors (Lipinski definition) is 2. The quantitative estimate of drug-likeness (QED) is 0.782. The van der Waals surface area contributed by atoms with Gasteiger partial charge in [-0.15, -0.1) is 0 Å². The van der Waals surface area contributed by atoms with Crippen molar-refractivity contribution in [3.05, 3.63) is 0 Å². The summed E-state index contributed by atoms with van der Waals surface area (Å²) in [5, 5.41) is -0.500. The lowest BCUT2D eigenvalue weighted by Gasteiger charge is -2.32. The lowest BCUT2D eigenvalue weighted by atomic mass is 9.81. The van der Waals surface area contributed by atoms with E-state index in [1.54, 1.807) is 6.92 Å². The monoisotopic (exact) mass is 248 g/mol. The van der Waals surface area contributed by atoms with Crippen LogP contribution in [0.2, 0.25) is 0 Å². The fourth-order valence-electron chi connectivity index (χ4n) is 2.52. The molecule has 0 aromatic heterocycles. The zero-order chi connectivity index (χ0) is 12.3. The molecule has 4 nitrogen and oxygen atoms in total. The Kier molecular flexibility index (Phi) is 4.76.